The van der Waals surface area contributed by atoms with Gasteiger partial charge in [-0.2, -0.15) is 0 Å². The van der Waals surface area contributed by atoms with Crippen LogP contribution in [0.3, 0.4) is 0 Å². The zero-order valence-corrected chi connectivity index (χ0v) is 12.9. The molecule has 0 bridgehead atoms. The van der Waals surface area contributed by atoms with Crippen LogP contribution < -0.4 is 0 Å². The van der Waals surface area contributed by atoms with Crippen LogP contribution in [0.25, 0.3) is 0 Å². The molecule has 1 aromatic heterocycles. The quantitative estimate of drug-likeness (QED) is 0.609. The fourth-order valence-electron chi connectivity index (χ4n) is 1.95. The number of rotatable bonds is 10. The minimum atomic E-state index is 0.335. The van der Waals surface area contributed by atoms with Gasteiger partial charge in [0.25, 0.3) is 0 Å². The van der Waals surface area contributed by atoms with Crippen LogP contribution >= 0.6 is 0 Å². The van der Waals surface area contributed by atoms with Crippen molar-refractivity contribution >= 4 is 0 Å². The van der Waals surface area contributed by atoms with Crippen LogP contribution in [0, 0.1) is 5.92 Å². The third-order valence-corrected chi connectivity index (χ3v) is 3.03. The number of unbranched alkanes of at least 4 members (excludes halogenated alkanes) is 1. The van der Waals surface area contributed by atoms with Gasteiger partial charge < -0.3 is 4.74 Å². The van der Waals surface area contributed by atoms with Gasteiger partial charge in [-0.25, -0.2) is 0 Å². The molecule has 110 valence electrons. The Labute approximate surface area is 117 Å². The molecule has 4 heteroatoms. The largest absolute Gasteiger partial charge is 0.379 e. The first-order chi connectivity index (χ1) is 9.08. The van der Waals surface area contributed by atoms with Gasteiger partial charge in [-0.1, -0.05) is 19.1 Å². The summed E-state index contributed by atoms with van der Waals surface area (Å²) in [6.07, 6.45) is 8.08. The van der Waals surface area contributed by atoms with E-state index in [4.69, 9.17) is 4.74 Å². The Balaban J connectivity index is 2.12. The first-order valence-electron chi connectivity index (χ1n) is 7.58. The average Bonchev–Trinajstić information content (AvgIpc) is 2.76. The monoisotopic (exact) mass is 267 g/mol. The van der Waals surface area contributed by atoms with Gasteiger partial charge in [-0.3, -0.25) is 4.68 Å². The van der Waals surface area contributed by atoms with E-state index in [-0.39, 0.29) is 0 Å². The number of ether oxygens (including phenoxy) is 1. The van der Waals surface area contributed by atoms with Crippen molar-refractivity contribution in [2.75, 3.05) is 6.61 Å². The van der Waals surface area contributed by atoms with E-state index in [0.29, 0.717) is 6.10 Å². The molecule has 0 aliphatic rings. The maximum Gasteiger partial charge on any atom is 0.0827 e. The Kier molecular flexibility index (Phi) is 7.72. The molecular weight excluding hydrogens is 238 g/mol. The van der Waals surface area contributed by atoms with Gasteiger partial charge >= 0.3 is 0 Å². The minimum Gasteiger partial charge on any atom is -0.379 e. The molecule has 1 heterocycles. The Bertz CT molecular complexity index is 334. The lowest BCUT2D eigenvalue weighted by atomic mass is 10.1. The SMILES string of the molecule is CC(C)CCCn1cc(CCCCOC(C)C)nn1. The summed E-state index contributed by atoms with van der Waals surface area (Å²) >= 11 is 0. The van der Waals surface area contributed by atoms with E-state index in [0.717, 1.165) is 44.0 Å². The molecule has 0 aromatic carbocycles. The van der Waals surface area contributed by atoms with Gasteiger partial charge in [0.05, 0.1) is 11.8 Å². The number of aromatic nitrogens is 3. The Morgan fingerprint density at radius 1 is 1.16 bits per heavy atom. The van der Waals surface area contributed by atoms with Gasteiger partial charge in [0.15, 0.2) is 0 Å². The van der Waals surface area contributed by atoms with Crippen LogP contribution in [0.5, 0.6) is 0 Å². The summed E-state index contributed by atoms with van der Waals surface area (Å²) in [5, 5.41) is 8.39. The molecule has 0 unspecified atom stereocenters. The Hall–Kier alpha value is -0.900. The first kappa shape index (κ1) is 16.2. The molecule has 0 N–H and O–H groups in total. The van der Waals surface area contributed by atoms with Crippen LogP contribution in [-0.4, -0.2) is 27.7 Å². The van der Waals surface area contributed by atoms with Gasteiger partial charge in [0, 0.05) is 19.3 Å². The highest BCUT2D eigenvalue weighted by atomic mass is 16.5. The van der Waals surface area contributed by atoms with Crippen molar-refractivity contribution in [3.63, 3.8) is 0 Å². The zero-order chi connectivity index (χ0) is 14.1. The van der Waals surface area contributed by atoms with E-state index in [2.05, 4.69) is 44.2 Å². The molecule has 19 heavy (non-hydrogen) atoms. The van der Waals surface area contributed by atoms with E-state index in [1.54, 1.807) is 0 Å². The fourth-order valence-corrected chi connectivity index (χ4v) is 1.95. The van der Waals surface area contributed by atoms with E-state index in [9.17, 15) is 0 Å². The molecule has 1 aromatic rings. The number of nitrogens with zero attached hydrogens (tertiary/aromatic N) is 3. The lowest BCUT2D eigenvalue weighted by molar-refractivity contribution is 0.0760. The van der Waals surface area contributed by atoms with Crippen molar-refractivity contribution in [2.45, 2.75) is 72.4 Å². The highest BCUT2D eigenvalue weighted by Gasteiger charge is 2.02. The Morgan fingerprint density at radius 3 is 2.63 bits per heavy atom. The number of hydrogen-bond acceptors (Lipinski definition) is 3. The van der Waals surface area contributed by atoms with Crippen LogP contribution in [0.1, 0.15) is 59.1 Å². The van der Waals surface area contributed by atoms with Crippen molar-refractivity contribution < 1.29 is 4.74 Å². The number of hydrogen-bond donors (Lipinski definition) is 0. The van der Waals surface area contributed by atoms with Gasteiger partial charge in [0.2, 0.25) is 0 Å². The van der Waals surface area contributed by atoms with E-state index >= 15 is 0 Å². The maximum atomic E-state index is 5.52. The molecule has 0 spiro atoms. The van der Waals surface area contributed by atoms with Crippen molar-refractivity contribution in [3.8, 4) is 0 Å². The van der Waals surface area contributed by atoms with Gasteiger partial charge in [-0.05, 0) is 51.9 Å². The fraction of sp³-hybridized carbons (Fsp3) is 0.867. The highest BCUT2D eigenvalue weighted by molar-refractivity contribution is 4.92. The molecule has 0 aliphatic heterocycles. The summed E-state index contributed by atoms with van der Waals surface area (Å²) < 4.78 is 7.49. The molecule has 0 atom stereocenters. The van der Waals surface area contributed by atoms with Crippen molar-refractivity contribution in [3.05, 3.63) is 11.9 Å². The van der Waals surface area contributed by atoms with Crippen LogP contribution in [0.2, 0.25) is 0 Å². The van der Waals surface area contributed by atoms with E-state index in [1.807, 2.05) is 4.68 Å². The van der Waals surface area contributed by atoms with E-state index in [1.165, 1.54) is 12.8 Å². The van der Waals surface area contributed by atoms with E-state index < -0.39 is 0 Å². The second-order valence-electron chi connectivity index (χ2n) is 5.89. The van der Waals surface area contributed by atoms with Crippen LogP contribution in [-0.2, 0) is 17.7 Å². The predicted octanol–water partition coefficient (Wildman–Crippen LogP) is 3.46. The highest BCUT2D eigenvalue weighted by Crippen LogP contribution is 2.06. The lowest BCUT2D eigenvalue weighted by Gasteiger charge is -2.06. The average molecular weight is 267 g/mol. The molecule has 0 saturated carbocycles. The summed E-state index contributed by atoms with van der Waals surface area (Å²) in [6, 6.07) is 0. The third kappa shape index (κ3) is 7.98. The summed E-state index contributed by atoms with van der Waals surface area (Å²) in [7, 11) is 0. The molecule has 0 aliphatic carbocycles. The molecule has 0 fully saturated rings. The molecule has 0 saturated heterocycles. The summed E-state index contributed by atoms with van der Waals surface area (Å²) in [6.45, 7) is 10.5. The van der Waals surface area contributed by atoms with Gasteiger partial charge in [0.1, 0.15) is 0 Å². The van der Waals surface area contributed by atoms with Crippen molar-refractivity contribution in [2.24, 2.45) is 5.92 Å². The minimum absolute atomic E-state index is 0.335. The Morgan fingerprint density at radius 2 is 1.95 bits per heavy atom. The molecule has 0 amide bonds. The standard InChI is InChI=1S/C15H29N3O/c1-13(2)8-7-10-18-12-15(16-17-18)9-5-6-11-19-14(3)4/h12-14H,5-11H2,1-4H3. The molecule has 0 radical (unpaired) electrons. The smallest absolute Gasteiger partial charge is 0.0827 e. The summed E-state index contributed by atoms with van der Waals surface area (Å²) in [5.74, 6) is 0.768. The number of aryl methyl sites for hydroxylation is 2. The third-order valence-electron chi connectivity index (χ3n) is 3.03. The molecule has 1 rings (SSSR count). The maximum absolute atomic E-state index is 5.52. The van der Waals surface area contributed by atoms with Crippen molar-refractivity contribution in [1.29, 1.82) is 0 Å². The summed E-state index contributed by atoms with van der Waals surface area (Å²) in [5.41, 5.74) is 1.11. The normalized spacial score (nSPS) is 11.7. The van der Waals surface area contributed by atoms with Crippen molar-refractivity contribution in [1.82, 2.24) is 15.0 Å². The molecule has 4 nitrogen and oxygen atoms in total. The summed E-state index contributed by atoms with van der Waals surface area (Å²) in [4.78, 5) is 0. The topological polar surface area (TPSA) is 39.9 Å². The zero-order valence-electron chi connectivity index (χ0n) is 12.9. The second kappa shape index (κ2) is 9.08. The first-order valence-corrected chi connectivity index (χ1v) is 7.58. The van der Waals surface area contributed by atoms with Gasteiger partial charge in [-0.15, -0.1) is 5.10 Å². The lowest BCUT2D eigenvalue weighted by Crippen LogP contribution is -2.04. The predicted molar refractivity (Wildman–Crippen MR) is 78.1 cm³/mol. The second-order valence-corrected chi connectivity index (χ2v) is 5.89. The molecular formula is C15H29N3O. The van der Waals surface area contributed by atoms with Crippen LogP contribution in [0.15, 0.2) is 6.20 Å². The van der Waals surface area contributed by atoms with Crippen LogP contribution in [0.4, 0.5) is 0 Å².